The van der Waals surface area contributed by atoms with E-state index in [1.165, 1.54) is 10.5 Å². The Labute approximate surface area is 215 Å². The molecule has 2 aliphatic heterocycles. The Balaban J connectivity index is 1.95. The number of urea groups is 1. The summed E-state index contributed by atoms with van der Waals surface area (Å²) in [6, 6.07) is 7.24. The number of esters is 1. The number of rotatable bonds is 6. The minimum Gasteiger partial charge on any atom is -0.463 e. The van der Waals surface area contributed by atoms with Crippen molar-refractivity contribution in [1.82, 2.24) is 20.0 Å². The molecule has 2 heterocycles. The second kappa shape index (κ2) is 11.0. The van der Waals surface area contributed by atoms with E-state index in [9.17, 15) is 14.4 Å². The molecule has 0 aliphatic carbocycles. The third-order valence-corrected chi connectivity index (χ3v) is 7.04. The van der Waals surface area contributed by atoms with Crippen LogP contribution in [0, 0.1) is 5.92 Å². The molecular weight excluding hydrogens is 456 g/mol. The van der Waals surface area contributed by atoms with Crippen LogP contribution in [-0.2, 0) is 19.7 Å². The molecule has 2 atom stereocenters. The van der Waals surface area contributed by atoms with Crippen LogP contribution in [0.5, 0.6) is 0 Å². The van der Waals surface area contributed by atoms with Gasteiger partial charge in [0, 0.05) is 50.9 Å². The van der Waals surface area contributed by atoms with Crippen LogP contribution in [0.2, 0.25) is 0 Å². The van der Waals surface area contributed by atoms with E-state index in [0.29, 0.717) is 37.4 Å². The fourth-order valence-electron chi connectivity index (χ4n) is 4.87. The van der Waals surface area contributed by atoms with Gasteiger partial charge >= 0.3 is 12.0 Å². The lowest BCUT2D eigenvalue weighted by Crippen LogP contribution is -2.56. The fraction of sp³-hybridized carbons (Fsp3) is 0.607. The summed E-state index contributed by atoms with van der Waals surface area (Å²) in [5.41, 5.74) is 3.10. The standard InChI is InChI=1S/C28H42N4O4/c1-9-36-26(34)23-22(17-31-14-15-32(19(4)16-31)25(33)18(2)3)30(8)27(35)29-24(23)20-10-12-21(13-11-20)28(5,6)7/h10-13,18-19,24H,9,14-17H2,1-8H3,(H,29,35). The van der Waals surface area contributed by atoms with Crippen molar-refractivity contribution in [1.29, 1.82) is 0 Å². The Morgan fingerprint density at radius 3 is 2.31 bits per heavy atom. The highest BCUT2D eigenvalue weighted by Crippen LogP contribution is 2.33. The molecule has 1 aromatic rings. The van der Waals surface area contributed by atoms with Gasteiger partial charge in [-0.1, -0.05) is 58.9 Å². The molecule has 36 heavy (non-hydrogen) atoms. The van der Waals surface area contributed by atoms with Gasteiger partial charge in [0.15, 0.2) is 0 Å². The second-order valence-electron chi connectivity index (χ2n) is 11.2. The molecule has 2 aliphatic rings. The maximum Gasteiger partial charge on any atom is 0.338 e. The topological polar surface area (TPSA) is 82.2 Å². The molecule has 8 nitrogen and oxygen atoms in total. The molecule has 2 unspecified atom stereocenters. The number of ether oxygens (including phenoxy) is 1. The quantitative estimate of drug-likeness (QED) is 0.605. The Kier molecular flexibility index (Phi) is 8.49. The number of hydrogen-bond acceptors (Lipinski definition) is 5. The summed E-state index contributed by atoms with van der Waals surface area (Å²) in [7, 11) is 1.69. The van der Waals surface area contributed by atoms with Crippen molar-refractivity contribution >= 4 is 17.9 Å². The van der Waals surface area contributed by atoms with Crippen molar-refractivity contribution in [3.8, 4) is 0 Å². The van der Waals surface area contributed by atoms with Gasteiger partial charge in [-0.2, -0.15) is 0 Å². The maximum atomic E-state index is 13.3. The van der Waals surface area contributed by atoms with Crippen molar-refractivity contribution in [3.05, 3.63) is 46.7 Å². The van der Waals surface area contributed by atoms with Crippen LogP contribution in [0.1, 0.15) is 65.6 Å². The third-order valence-electron chi connectivity index (χ3n) is 7.04. The number of likely N-dealkylation sites (N-methyl/N-ethyl adjacent to an activating group) is 1. The van der Waals surface area contributed by atoms with Crippen molar-refractivity contribution in [2.75, 3.05) is 39.8 Å². The first-order valence-electron chi connectivity index (χ1n) is 12.9. The first kappa shape index (κ1) is 27.7. The van der Waals surface area contributed by atoms with E-state index in [1.54, 1.807) is 14.0 Å². The zero-order valence-electron chi connectivity index (χ0n) is 23.1. The summed E-state index contributed by atoms with van der Waals surface area (Å²) in [5.74, 6) is -0.317. The molecule has 1 aromatic carbocycles. The number of amides is 3. The van der Waals surface area contributed by atoms with Crippen molar-refractivity contribution in [2.24, 2.45) is 5.92 Å². The Hall–Kier alpha value is -2.87. The Morgan fingerprint density at radius 1 is 1.14 bits per heavy atom. The molecule has 1 fully saturated rings. The van der Waals surface area contributed by atoms with Gasteiger partial charge in [-0.05, 0) is 30.4 Å². The lowest BCUT2D eigenvalue weighted by molar-refractivity contribution is -0.139. The largest absolute Gasteiger partial charge is 0.463 e. The molecule has 3 amide bonds. The molecule has 0 saturated carbocycles. The van der Waals surface area contributed by atoms with Gasteiger partial charge in [-0.25, -0.2) is 9.59 Å². The molecule has 0 bridgehead atoms. The average molecular weight is 499 g/mol. The number of carbonyl (C=O) groups excluding carboxylic acids is 3. The summed E-state index contributed by atoms with van der Waals surface area (Å²) in [5, 5.41) is 3.00. The monoisotopic (exact) mass is 498 g/mol. The van der Waals surface area contributed by atoms with E-state index in [0.717, 1.165) is 5.56 Å². The molecular formula is C28H42N4O4. The Bertz CT molecular complexity index is 1010. The zero-order valence-corrected chi connectivity index (χ0v) is 23.1. The summed E-state index contributed by atoms with van der Waals surface area (Å²) >= 11 is 0. The minimum atomic E-state index is -0.599. The predicted molar refractivity (Wildman–Crippen MR) is 140 cm³/mol. The van der Waals surface area contributed by atoms with Crippen LogP contribution in [-0.4, -0.2) is 78.5 Å². The number of benzene rings is 1. The van der Waals surface area contributed by atoms with Crippen LogP contribution in [0.25, 0.3) is 0 Å². The highest BCUT2D eigenvalue weighted by molar-refractivity contribution is 5.95. The van der Waals surface area contributed by atoms with Crippen molar-refractivity contribution < 1.29 is 19.1 Å². The van der Waals surface area contributed by atoms with Crippen LogP contribution in [0.3, 0.4) is 0 Å². The van der Waals surface area contributed by atoms with Gasteiger partial charge in [-0.15, -0.1) is 0 Å². The SMILES string of the molecule is CCOC(=O)C1=C(CN2CCN(C(=O)C(C)C)C(C)C2)N(C)C(=O)NC1c1ccc(C(C)(C)C)cc1. The normalized spacial score (nSPS) is 21.6. The smallest absolute Gasteiger partial charge is 0.338 e. The van der Waals surface area contributed by atoms with Gasteiger partial charge < -0.3 is 15.0 Å². The molecule has 3 rings (SSSR count). The molecule has 1 N–H and O–H groups in total. The van der Waals surface area contributed by atoms with Crippen LogP contribution >= 0.6 is 0 Å². The number of piperazine rings is 1. The predicted octanol–water partition coefficient (Wildman–Crippen LogP) is 3.69. The number of nitrogens with one attached hydrogen (secondary N) is 1. The van der Waals surface area contributed by atoms with E-state index in [2.05, 4.69) is 43.1 Å². The lowest BCUT2D eigenvalue weighted by atomic mass is 9.85. The summed E-state index contributed by atoms with van der Waals surface area (Å²) in [4.78, 5) is 44.5. The first-order chi connectivity index (χ1) is 16.8. The lowest BCUT2D eigenvalue weighted by Gasteiger charge is -2.43. The Morgan fingerprint density at radius 2 is 1.78 bits per heavy atom. The van der Waals surface area contributed by atoms with Crippen molar-refractivity contribution in [3.63, 3.8) is 0 Å². The van der Waals surface area contributed by atoms with E-state index in [-0.39, 0.29) is 35.9 Å². The molecule has 8 heteroatoms. The van der Waals surface area contributed by atoms with Crippen LogP contribution in [0.4, 0.5) is 4.79 Å². The third kappa shape index (κ3) is 5.91. The van der Waals surface area contributed by atoms with E-state index < -0.39 is 12.0 Å². The first-order valence-corrected chi connectivity index (χ1v) is 12.9. The van der Waals surface area contributed by atoms with Crippen molar-refractivity contribution in [2.45, 2.75) is 66.0 Å². The molecule has 1 saturated heterocycles. The average Bonchev–Trinajstić information content (AvgIpc) is 2.81. The highest BCUT2D eigenvalue weighted by atomic mass is 16.5. The van der Waals surface area contributed by atoms with Gasteiger partial charge in [0.05, 0.1) is 18.2 Å². The summed E-state index contributed by atoms with van der Waals surface area (Å²) in [6.07, 6.45) is 0. The maximum absolute atomic E-state index is 13.3. The molecule has 0 spiro atoms. The highest BCUT2D eigenvalue weighted by Gasteiger charge is 2.38. The zero-order chi connectivity index (χ0) is 26.8. The molecule has 198 valence electrons. The van der Waals surface area contributed by atoms with Gasteiger partial charge in [-0.3, -0.25) is 14.6 Å². The molecule has 0 radical (unpaired) electrons. The summed E-state index contributed by atoms with van der Waals surface area (Å²) in [6.45, 7) is 16.7. The second-order valence-corrected chi connectivity index (χ2v) is 11.2. The number of carbonyl (C=O) groups is 3. The molecule has 0 aromatic heterocycles. The van der Waals surface area contributed by atoms with Crippen LogP contribution in [0.15, 0.2) is 35.5 Å². The minimum absolute atomic E-state index is 0.00464. The number of nitrogens with zero attached hydrogens (tertiary/aromatic N) is 3. The van der Waals surface area contributed by atoms with Gasteiger partial charge in [0.2, 0.25) is 5.91 Å². The van der Waals surface area contributed by atoms with Gasteiger partial charge in [0.1, 0.15) is 0 Å². The van der Waals surface area contributed by atoms with Crippen LogP contribution < -0.4 is 5.32 Å². The number of hydrogen-bond donors (Lipinski definition) is 1. The van der Waals surface area contributed by atoms with E-state index in [4.69, 9.17) is 4.74 Å². The van der Waals surface area contributed by atoms with E-state index in [1.807, 2.05) is 37.8 Å². The fourth-order valence-corrected chi connectivity index (χ4v) is 4.87. The summed E-state index contributed by atoms with van der Waals surface area (Å²) < 4.78 is 5.46. The van der Waals surface area contributed by atoms with E-state index >= 15 is 0 Å². The van der Waals surface area contributed by atoms with Gasteiger partial charge in [0.25, 0.3) is 0 Å².